The Morgan fingerprint density at radius 3 is 2.30 bits per heavy atom. The van der Waals surface area contributed by atoms with Gasteiger partial charge in [0.1, 0.15) is 0 Å². The molecule has 2 aromatic rings. The van der Waals surface area contributed by atoms with E-state index in [2.05, 4.69) is 5.10 Å². The first-order valence-electron chi connectivity index (χ1n) is 8.59. The van der Waals surface area contributed by atoms with Gasteiger partial charge in [-0.3, -0.25) is 4.79 Å². The Balaban J connectivity index is 0.00000261. The summed E-state index contributed by atoms with van der Waals surface area (Å²) >= 11 is 0. The quantitative estimate of drug-likeness (QED) is 0.854. The number of hydrogen-bond acceptors (Lipinski definition) is 5. The van der Waals surface area contributed by atoms with Crippen LogP contribution in [-0.2, 0) is 4.79 Å². The average Bonchev–Trinajstić information content (AvgIpc) is 3.02. The molecule has 1 saturated heterocycles. The lowest BCUT2D eigenvalue weighted by molar-refractivity contribution is -0.133. The second-order valence-electron chi connectivity index (χ2n) is 6.34. The minimum Gasteiger partial charge on any atom is -0.391 e. The first kappa shape index (κ1) is 20.7. The molecular weight excluding hydrogens is 370 g/mol. The molecule has 27 heavy (non-hydrogen) atoms. The largest absolute Gasteiger partial charge is 0.416 e. The number of hydrogen-bond donors (Lipinski definition) is 1. The third-order valence-corrected chi connectivity index (χ3v) is 4.23. The van der Waals surface area contributed by atoms with E-state index in [0.29, 0.717) is 32.1 Å². The Labute approximate surface area is 164 Å². The number of amides is 2. The smallest absolute Gasteiger partial charge is 0.391 e. The van der Waals surface area contributed by atoms with Crippen LogP contribution in [0.3, 0.4) is 0 Å². The summed E-state index contributed by atoms with van der Waals surface area (Å²) in [7, 11) is 0. The highest BCUT2D eigenvalue weighted by molar-refractivity contribution is 5.85. The molecule has 0 spiro atoms. The summed E-state index contributed by atoms with van der Waals surface area (Å²) in [5, 5.41) is 4.39. The molecule has 9 heteroatoms. The van der Waals surface area contributed by atoms with Gasteiger partial charge in [-0.1, -0.05) is 18.2 Å². The highest BCUT2D eigenvalue weighted by Gasteiger charge is 2.27. The van der Waals surface area contributed by atoms with Crippen LogP contribution < -0.4 is 10.5 Å². The molecule has 2 amide bonds. The molecule has 1 aromatic carbocycles. The zero-order valence-corrected chi connectivity index (χ0v) is 16.2. The SMILES string of the molecule is Cc1cc(OC(=O)N2CCN(C(=O)C(C)N)CC2)n(-c2ccccc2)n1.Cl. The van der Waals surface area contributed by atoms with Crippen LogP contribution in [0.25, 0.3) is 5.69 Å². The summed E-state index contributed by atoms with van der Waals surface area (Å²) in [5.41, 5.74) is 7.20. The second-order valence-corrected chi connectivity index (χ2v) is 6.34. The van der Waals surface area contributed by atoms with Crippen LogP contribution in [0.1, 0.15) is 12.6 Å². The van der Waals surface area contributed by atoms with Crippen molar-refractivity contribution in [3.63, 3.8) is 0 Å². The zero-order valence-electron chi connectivity index (χ0n) is 15.4. The van der Waals surface area contributed by atoms with Gasteiger partial charge < -0.3 is 20.3 Å². The molecular formula is C18H24ClN5O3. The third kappa shape index (κ3) is 4.78. The predicted octanol–water partition coefficient (Wildman–Crippen LogP) is 1.59. The molecule has 146 valence electrons. The number of para-hydroxylation sites is 1. The van der Waals surface area contributed by atoms with Crippen LogP contribution >= 0.6 is 12.4 Å². The highest BCUT2D eigenvalue weighted by Crippen LogP contribution is 2.20. The van der Waals surface area contributed by atoms with E-state index in [1.54, 1.807) is 27.5 Å². The first-order chi connectivity index (χ1) is 12.5. The van der Waals surface area contributed by atoms with Crippen LogP contribution in [0.2, 0.25) is 0 Å². The minimum absolute atomic E-state index is 0. The van der Waals surface area contributed by atoms with Crippen molar-refractivity contribution in [1.82, 2.24) is 19.6 Å². The molecule has 0 aliphatic carbocycles. The third-order valence-electron chi connectivity index (χ3n) is 4.23. The number of benzene rings is 1. The van der Waals surface area contributed by atoms with Gasteiger partial charge in [-0.25, -0.2) is 9.48 Å². The van der Waals surface area contributed by atoms with Crippen LogP contribution in [0.4, 0.5) is 4.79 Å². The van der Waals surface area contributed by atoms with Crippen LogP contribution in [0, 0.1) is 6.92 Å². The van der Waals surface area contributed by atoms with Crippen molar-refractivity contribution in [1.29, 1.82) is 0 Å². The van der Waals surface area contributed by atoms with Crippen molar-refractivity contribution in [3.8, 4) is 11.6 Å². The number of carbonyl (C=O) groups excluding carboxylic acids is 2. The van der Waals surface area contributed by atoms with E-state index in [4.69, 9.17) is 10.5 Å². The van der Waals surface area contributed by atoms with Crippen molar-refractivity contribution >= 4 is 24.4 Å². The number of ether oxygens (including phenoxy) is 1. The first-order valence-corrected chi connectivity index (χ1v) is 8.59. The topological polar surface area (TPSA) is 93.7 Å². The van der Waals surface area contributed by atoms with Crippen molar-refractivity contribution in [2.45, 2.75) is 19.9 Å². The number of nitrogens with zero attached hydrogens (tertiary/aromatic N) is 4. The maximum absolute atomic E-state index is 12.5. The average molecular weight is 394 g/mol. The van der Waals surface area contributed by atoms with Crippen molar-refractivity contribution in [2.24, 2.45) is 5.73 Å². The number of aryl methyl sites for hydroxylation is 1. The Morgan fingerprint density at radius 2 is 1.70 bits per heavy atom. The van der Waals surface area contributed by atoms with Gasteiger partial charge in [-0.15, -0.1) is 12.4 Å². The molecule has 8 nitrogen and oxygen atoms in total. The lowest BCUT2D eigenvalue weighted by atomic mass is 10.2. The van der Waals surface area contributed by atoms with Crippen molar-refractivity contribution in [3.05, 3.63) is 42.1 Å². The summed E-state index contributed by atoms with van der Waals surface area (Å²) in [5.74, 6) is 0.267. The van der Waals surface area contributed by atoms with Gasteiger partial charge in [0.15, 0.2) is 0 Å². The van der Waals surface area contributed by atoms with E-state index in [9.17, 15) is 9.59 Å². The predicted molar refractivity (Wildman–Crippen MR) is 103 cm³/mol. The molecule has 1 atom stereocenters. The van der Waals surface area contributed by atoms with Crippen LogP contribution in [0.15, 0.2) is 36.4 Å². The molecule has 2 N–H and O–H groups in total. The number of carbonyl (C=O) groups is 2. The highest BCUT2D eigenvalue weighted by atomic mass is 35.5. The van der Waals surface area contributed by atoms with E-state index in [1.807, 2.05) is 37.3 Å². The summed E-state index contributed by atoms with van der Waals surface area (Å²) < 4.78 is 7.16. The van der Waals surface area contributed by atoms with Gasteiger partial charge in [-0.05, 0) is 26.0 Å². The normalized spacial score (nSPS) is 15.1. The second kappa shape index (κ2) is 8.88. The van der Waals surface area contributed by atoms with Crippen LogP contribution in [0.5, 0.6) is 5.88 Å². The monoisotopic (exact) mass is 393 g/mol. The van der Waals surface area contributed by atoms with Gasteiger partial charge in [0.2, 0.25) is 11.8 Å². The molecule has 1 unspecified atom stereocenters. The lowest BCUT2D eigenvalue weighted by Crippen LogP contribution is -2.54. The Bertz CT molecular complexity index is 786. The molecule has 1 fully saturated rings. The fourth-order valence-corrected chi connectivity index (χ4v) is 2.85. The van der Waals surface area contributed by atoms with E-state index in [1.165, 1.54) is 0 Å². The summed E-state index contributed by atoms with van der Waals surface area (Å²) in [6, 6.07) is 10.7. The molecule has 1 aromatic heterocycles. The van der Waals surface area contributed by atoms with E-state index in [0.717, 1.165) is 11.4 Å². The van der Waals surface area contributed by atoms with Gasteiger partial charge in [-0.2, -0.15) is 5.10 Å². The van der Waals surface area contributed by atoms with Gasteiger partial charge in [0.25, 0.3) is 0 Å². The fourth-order valence-electron chi connectivity index (χ4n) is 2.85. The zero-order chi connectivity index (χ0) is 18.7. The molecule has 1 aliphatic rings. The summed E-state index contributed by atoms with van der Waals surface area (Å²) in [6.07, 6.45) is -0.449. The minimum atomic E-state index is -0.531. The molecule has 1 aliphatic heterocycles. The maximum Gasteiger partial charge on any atom is 0.416 e. The van der Waals surface area contributed by atoms with Crippen LogP contribution in [-0.4, -0.2) is 63.8 Å². The molecule has 0 bridgehead atoms. The van der Waals surface area contributed by atoms with E-state index >= 15 is 0 Å². The fraction of sp³-hybridized carbons (Fsp3) is 0.389. The van der Waals surface area contributed by atoms with Crippen molar-refractivity contribution < 1.29 is 14.3 Å². The lowest BCUT2D eigenvalue weighted by Gasteiger charge is -2.34. The number of aromatic nitrogens is 2. The Kier molecular flexibility index (Phi) is 6.81. The summed E-state index contributed by atoms with van der Waals surface area (Å²) in [4.78, 5) is 27.7. The van der Waals surface area contributed by atoms with Gasteiger partial charge in [0.05, 0.1) is 17.4 Å². The van der Waals surface area contributed by atoms with E-state index in [-0.39, 0.29) is 18.3 Å². The van der Waals surface area contributed by atoms with E-state index < -0.39 is 12.1 Å². The van der Waals surface area contributed by atoms with Gasteiger partial charge >= 0.3 is 6.09 Å². The standard InChI is InChI=1S/C18H23N5O3.ClH/c1-13-12-16(23(20-13)15-6-4-3-5-7-15)26-18(25)22-10-8-21(9-11-22)17(24)14(2)19;/h3-7,12,14H,8-11,19H2,1-2H3;1H. The Morgan fingerprint density at radius 1 is 1.11 bits per heavy atom. The molecule has 0 saturated carbocycles. The maximum atomic E-state index is 12.5. The number of rotatable bonds is 3. The number of nitrogens with two attached hydrogens (primary N) is 1. The van der Waals surface area contributed by atoms with Crippen molar-refractivity contribution in [2.75, 3.05) is 26.2 Å². The van der Waals surface area contributed by atoms with Gasteiger partial charge in [0, 0.05) is 32.2 Å². The molecule has 3 rings (SSSR count). The summed E-state index contributed by atoms with van der Waals surface area (Å²) in [6.45, 7) is 5.23. The number of piperazine rings is 1. The molecule has 2 heterocycles. The Hall–Kier alpha value is -2.58. The number of halogens is 1. The molecule has 0 radical (unpaired) electrons.